The Morgan fingerprint density at radius 1 is 1.21 bits per heavy atom. The molecule has 29 heavy (non-hydrogen) atoms. The largest absolute Gasteiger partial charge is 0.337 e. The number of nitriles is 1. The zero-order valence-corrected chi connectivity index (χ0v) is 17.0. The highest BCUT2D eigenvalue weighted by Crippen LogP contribution is 2.27. The first kappa shape index (κ1) is 19.1. The van der Waals surface area contributed by atoms with Crippen LogP contribution in [0.15, 0.2) is 47.3 Å². The summed E-state index contributed by atoms with van der Waals surface area (Å²) in [5.41, 5.74) is 1.24. The van der Waals surface area contributed by atoms with Crippen molar-refractivity contribution in [2.75, 3.05) is 0 Å². The van der Waals surface area contributed by atoms with Crippen molar-refractivity contribution in [2.24, 2.45) is 0 Å². The van der Waals surface area contributed by atoms with E-state index < -0.39 is 15.6 Å². The summed E-state index contributed by atoms with van der Waals surface area (Å²) in [4.78, 5) is 20.1. The van der Waals surface area contributed by atoms with E-state index in [1.807, 2.05) is 23.6 Å². The van der Waals surface area contributed by atoms with Crippen LogP contribution in [-0.2, 0) is 10.0 Å². The molecule has 0 saturated carbocycles. The second kappa shape index (κ2) is 7.00. The molecule has 0 aliphatic carbocycles. The van der Waals surface area contributed by atoms with Gasteiger partial charge in [0, 0.05) is 28.7 Å². The Morgan fingerprint density at radius 3 is 2.76 bits per heavy atom. The summed E-state index contributed by atoms with van der Waals surface area (Å²) in [6.45, 7) is 2.93. The molecule has 11 heteroatoms. The van der Waals surface area contributed by atoms with E-state index in [-0.39, 0.29) is 5.03 Å². The van der Waals surface area contributed by atoms with Crippen LogP contribution in [0, 0.1) is 11.3 Å². The van der Waals surface area contributed by atoms with Crippen LogP contribution in [0.1, 0.15) is 13.8 Å². The zero-order chi connectivity index (χ0) is 20.6. The topological polar surface area (TPSA) is 137 Å². The molecule has 9 nitrogen and oxygen atoms in total. The lowest BCUT2D eigenvalue weighted by Gasteiger charge is -2.17. The van der Waals surface area contributed by atoms with Crippen molar-refractivity contribution < 1.29 is 8.42 Å². The van der Waals surface area contributed by atoms with E-state index in [4.69, 9.17) is 5.26 Å². The van der Waals surface area contributed by atoms with Gasteiger partial charge in [-0.15, -0.1) is 11.3 Å². The van der Waals surface area contributed by atoms with Crippen LogP contribution in [0.4, 0.5) is 0 Å². The molecule has 4 rings (SSSR count). The summed E-state index contributed by atoms with van der Waals surface area (Å²) in [7, 11) is -4.01. The number of nitrogens with one attached hydrogen (secondary N) is 2. The van der Waals surface area contributed by atoms with E-state index in [9.17, 15) is 8.42 Å². The van der Waals surface area contributed by atoms with Gasteiger partial charge in [0.1, 0.15) is 16.2 Å². The predicted octanol–water partition coefficient (Wildman–Crippen LogP) is 2.72. The van der Waals surface area contributed by atoms with Gasteiger partial charge in [0.15, 0.2) is 5.03 Å². The molecule has 0 atom stereocenters. The van der Waals surface area contributed by atoms with E-state index in [1.54, 1.807) is 12.4 Å². The molecule has 4 aromatic rings. The molecule has 0 fully saturated rings. The van der Waals surface area contributed by atoms with Gasteiger partial charge < -0.3 is 4.98 Å². The lowest BCUT2D eigenvalue weighted by atomic mass is 10.1. The molecule has 2 N–H and O–H groups in total. The summed E-state index contributed by atoms with van der Waals surface area (Å²) < 4.78 is 27.4. The molecule has 4 heterocycles. The van der Waals surface area contributed by atoms with Gasteiger partial charge in [0.2, 0.25) is 0 Å². The molecule has 0 aliphatic rings. The number of sulfonamides is 1. The molecular formula is C18H15N7O2S2. The average Bonchev–Trinajstić information content (AvgIpc) is 3.36. The van der Waals surface area contributed by atoms with Gasteiger partial charge in [0.25, 0.3) is 10.0 Å². The Labute approximate surface area is 170 Å². The van der Waals surface area contributed by atoms with Crippen molar-refractivity contribution in [1.82, 2.24) is 29.6 Å². The molecule has 146 valence electrons. The van der Waals surface area contributed by atoms with E-state index >= 15 is 0 Å². The van der Waals surface area contributed by atoms with Gasteiger partial charge in [0.05, 0.1) is 29.9 Å². The maximum absolute atomic E-state index is 12.5. The zero-order valence-electron chi connectivity index (χ0n) is 15.4. The lowest BCUT2D eigenvalue weighted by Crippen LogP contribution is -2.42. The standard InChI is InChI=1S/C18H15N7O2S2/c1-18(2,10-19)25-29(26,27)15-9-20-8-14(23-15)12-5-11-6-13(17-21-3-4-28-17)24-16(11)22-7-12/h3-9,25H,1-2H3,(H,22,24). The molecule has 0 aliphatic heterocycles. The number of aromatic amines is 1. The van der Waals surface area contributed by atoms with Crippen molar-refractivity contribution in [1.29, 1.82) is 5.26 Å². The Bertz CT molecular complexity index is 1340. The van der Waals surface area contributed by atoms with E-state index in [0.717, 1.165) is 22.3 Å². The second-order valence-corrected chi connectivity index (χ2v) is 9.29. The molecule has 0 amide bonds. The summed E-state index contributed by atoms with van der Waals surface area (Å²) in [5, 5.41) is 12.4. The number of thiazole rings is 1. The third-order valence-corrected chi connectivity index (χ3v) is 6.32. The summed E-state index contributed by atoms with van der Waals surface area (Å²) >= 11 is 1.51. The maximum atomic E-state index is 12.5. The highest BCUT2D eigenvalue weighted by Gasteiger charge is 2.27. The van der Waals surface area contributed by atoms with E-state index in [0.29, 0.717) is 16.9 Å². The van der Waals surface area contributed by atoms with Crippen molar-refractivity contribution in [3.63, 3.8) is 0 Å². The number of rotatable bonds is 5. The lowest BCUT2D eigenvalue weighted by molar-refractivity contribution is 0.532. The Balaban J connectivity index is 1.71. The number of aromatic nitrogens is 5. The van der Waals surface area contributed by atoms with Crippen molar-refractivity contribution in [2.45, 2.75) is 24.4 Å². The molecule has 0 bridgehead atoms. The Kier molecular flexibility index (Phi) is 4.62. The first-order chi connectivity index (χ1) is 13.8. The minimum atomic E-state index is -4.01. The first-order valence-electron chi connectivity index (χ1n) is 8.44. The first-order valence-corrected chi connectivity index (χ1v) is 10.8. The van der Waals surface area contributed by atoms with Gasteiger partial charge in [-0.05, 0) is 26.0 Å². The number of hydrogen-bond donors (Lipinski definition) is 2. The van der Waals surface area contributed by atoms with Crippen LogP contribution in [0.3, 0.4) is 0 Å². The molecule has 0 radical (unpaired) electrons. The average molecular weight is 425 g/mol. The fourth-order valence-electron chi connectivity index (χ4n) is 2.65. The number of nitrogens with zero attached hydrogens (tertiary/aromatic N) is 5. The molecule has 0 aromatic carbocycles. The second-order valence-electron chi connectivity index (χ2n) is 6.77. The molecule has 0 unspecified atom stereocenters. The quantitative estimate of drug-likeness (QED) is 0.501. The fraction of sp³-hybridized carbons (Fsp3) is 0.167. The third-order valence-electron chi connectivity index (χ3n) is 3.99. The van der Waals surface area contributed by atoms with Crippen molar-refractivity contribution >= 4 is 32.4 Å². The molecule has 0 spiro atoms. The monoisotopic (exact) mass is 425 g/mol. The van der Waals surface area contributed by atoms with Gasteiger partial charge in [-0.1, -0.05) is 0 Å². The van der Waals surface area contributed by atoms with Crippen molar-refractivity contribution in [3.8, 4) is 28.0 Å². The molecule has 4 aromatic heterocycles. The highest BCUT2D eigenvalue weighted by atomic mass is 32.2. The summed E-state index contributed by atoms with van der Waals surface area (Å²) in [5.74, 6) is 0. The minimum Gasteiger partial charge on any atom is -0.337 e. The van der Waals surface area contributed by atoms with Crippen LogP contribution in [0.2, 0.25) is 0 Å². The number of pyridine rings is 1. The van der Waals surface area contributed by atoms with Crippen LogP contribution in [-0.4, -0.2) is 38.9 Å². The Morgan fingerprint density at radius 2 is 2.03 bits per heavy atom. The third kappa shape index (κ3) is 3.86. The number of hydrogen-bond acceptors (Lipinski definition) is 8. The fourth-order valence-corrected chi connectivity index (χ4v) is 4.50. The smallest absolute Gasteiger partial charge is 0.260 e. The van der Waals surface area contributed by atoms with Crippen molar-refractivity contribution in [3.05, 3.63) is 42.3 Å². The highest BCUT2D eigenvalue weighted by molar-refractivity contribution is 7.89. The molecule has 0 saturated heterocycles. The summed E-state index contributed by atoms with van der Waals surface area (Å²) in [6.07, 6.45) is 5.93. The number of H-pyrrole nitrogens is 1. The van der Waals surface area contributed by atoms with Crippen LogP contribution >= 0.6 is 11.3 Å². The minimum absolute atomic E-state index is 0.268. The maximum Gasteiger partial charge on any atom is 0.260 e. The van der Waals surface area contributed by atoms with E-state index in [1.165, 1.54) is 31.4 Å². The molecular weight excluding hydrogens is 410 g/mol. The van der Waals surface area contributed by atoms with Crippen LogP contribution in [0.25, 0.3) is 33.0 Å². The Hall–Kier alpha value is -3.20. The number of fused-ring (bicyclic) bond motifs is 1. The van der Waals surface area contributed by atoms with Gasteiger partial charge in [-0.3, -0.25) is 4.98 Å². The predicted molar refractivity (Wildman–Crippen MR) is 108 cm³/mol. The van der Waals surface area contributed by atoms with E-state index in [2.05, 4.69) is 29.6 Å². The van der Waals surface area contributed by atoms with Gasteiger partial charge >= 0.3 is 0 Å². The van der Waals surface area contributed by atoms with Gasteiger partial charge in [-0.2, -0.15) is 9.98 Å². The SMILES string of the molecule is CC(C)(C#N)NS(=O)(=O)c1cncc(-c2cnc3[nH]c(-c4nccs4)cc3c2)n1. The van der Waals surface area contributed by atoms with Crippen LogP contribution < -0.4 is 4.72 Å². The van der Waals surface area contributed by atoms with Crippen LogP contribution in [0.5, 0.6) is 0 Å². The van der Waals surface area contributed by atoms with Gasteiger partial charge in [-0.25, -0.2) is 23.4 Å². The summed E-state index contributed by atoms with van der Waals surface area (Å²) in [6, 6.07) is 5.67. The normalized spacial score (nSPS) is 12.2.